The van der Waals surface area contributed by atoms with Gasteiger partial charge in [0.25, 0.3) is 5.56 Å². The number of nitrogens with one attached hydrogen (secondary N) is 1. The molecule has 9 heteroatoms. The number of aryl methyl sites for hydroxylation is 2. The lowest BCUT2D eigenvalue weighted by molar-refractivity contribution is -0.121. The summed E-state index contributed by atoms with van der Waals surface area (Å²) >= 11 is 7.52. The normalized spacial score (nSPS) is 11.5. The molecule has 2 aromatic heterocycles. The van der Waals surface area contributed by atoms with Crippen LogP contribution in [0.1, 0.15) is 31.4 Å². The molecule has 7 nitrogen and oxygen atoms in total. The number of fused-ring (bicyclic) bond motifs is 3. The molecule has 4 rings (SSSR count). The third-order valence-electron chi connectivity index (χ3n) is 5.02. The van der Waals surface area contributed by atoms with Crippen molar-refractivity contribution >= 4 is 46.0 Å². The molecule has 0 fully saturated rings. The molecule has 4 aromatic rings. The Morgan fingerprint density at radius 3 is 2.62 bits per heavy atom. The molecule has 0 bridgehead atoms. The van der Waals surface area contributed by atoms with Crippen LogP contribution < -0.4 is 10.9 Å². The highest BCUT2D eigenvalue weighted by atomic mass is 35.5. The van der Waals surface area contributed by atoms with Gasteiger partial charge in [-0.15, -0.1) is 10.2 Å². The van der Waals surface area contributed by atoms with E-state index in [0.717, 1.165) is 16.6 Å². The minimum atomic E-state index is -0.171. The molecule has 0 aliphatic carbocycles. The molecule has 0 radical (unpaired) electrons. The molecule has 32 heavy (non-hydrogen) atoms. The van der Waals surface area contributed by atoms with Crippen LogP contribution in [-0.4, -0.2) is 31.1 Å². The summed E-state index contributed by atoms with van der Waals surface area (Å²) in [7, 11) is 0. The number of carbonyl (C=O) groups excluding carboxylic acids is 1. The molecular weight excluding hydrogens is 446 g/mol. The number of halogens is 1. The Morgan fingerprint density at radius 1 is 1.16 bits per heavy atom. The fourth-order valence-corrected chi connectivity index (χ4v) is 4.55. The van der Waals surface area contributed by atoms with E-state index in [9.17, 15) is 9.59 Å². The molecule has 1 N–H and O–H groups in total. The maximum atomic E-state index is 13.3. The van der Waals surface area contributed by atoms with E-state index in [2.05, 4.69) is 15.5 Å². The summed E-state index contributed by atoms with van der Waals surface area (Å²) in [5.41, 5.74) is 2.67. The first-order valence-corrected chi connectivity index (χ1v) is 11.7. The maximum Gasteiger partial charge on any atom is 0.262 e. The third kappa shape index (κ3) is 4.66. The van der Waals surface area contributed by atoms with Crippen LogP contribution in [0.5, 0.6) is 0 Å². The molecule has 2 aromatic carbocycles. The smallest absolute Gasteiger partial charge is 0.262 e. The van der Waals surface area contributed by atoms with Crippen molar-refractivity contribution in [3.8, 4) is 0 Å². The van der Waals surface area contributed by atoms with Gasteiger partial charge in [0.2, 0.25) is 11.7 Å². The summed E-state index contributed by atoms with van der Waals surface area (Å²) in [4.78, 5) is 25.5. The van der Waals surface area contributed by atoms with Gasteiger partial charge in [-0.3, -0.25) is 18.6 Å². The molecule has 2 heterocycles. The highest BCUT2D eigenvalue weighted by molar-refractivity contribution is 7.98. The van der Waals surface area contributed by atoms with Gasteiger partial charge in [0.1, 0.15) is 0 Å². The first-order chi connectivity index (χ1) is 15.3. The molecular formula is C23H24ClN5O2S. The van der Waals surface area contributed by atoms with Crippen molar-refractivity contribution < 1.29 is 4.79 Å². The Morgan fingerprint density at radius 2 is 1.91 bits per heavy atom. The molecule has 1 amide bonds. The van der Waals surface area contributed by atoms with Crippen LogP contribution in [0.15, 0.2) is 52.4 Å². The van der Waals surface area contributed by atoms with E-state index in [1.807, 2.05) is 67.6 Å². The van der Waals surface area contributed by atoms with Gasteiger partial charge >= 0.3 is 0 Å². The van der Waals surface area contributed by atoms with E-state index in [1.54, 1.807) is 4.57 Å². The van der Waals surface area contributed by atoms with E-state index in [1.165, 1.54) is 11.8 Å². The van der Waals surface area contributed by atoms with Crippen LogP contribution in [-0.2, 0) is 17.1 Å². The van der Waals surface area contributed by atoms with Gasteiger partial charge in [-0.25, -0.2) is 0 Å². The van der Waals surface area contributed by atoms with Crippen molar-refractivity contribution in [1.82, 2.24) is 24.5 Å². The maximum absolute atomic E-state index is 13.3. The number of rotatable bonds is 7. The van der Waals surface area contributed by atoms with Gasteiger partial charge in [0.05, 0.1) is 10.9 Å². The van der Waals surface area contributed by atoms with E-state index in [0.29, 0.717) is 27.1 Å². The molecule has 0 saturated heterocycles. The van der Waals surface area contributed by atoms with Crippen LogP contribution in [0.3, 0.4) is 0 Å². The number of carbonyl (C=O) groups is 1. The zero-order chi connectivity index (χ0) is 22.8. The lowest BCUT2D eigenvalue weighted by Crippen LogP contribution is -2.32. The average Bonchev–Trinajstić information content (AvgIpc) is 3.16. The predicted octanol–water partition coefficient (Wildman–Crippen LogP) is 4.21. The molecule has 166 valence electrons. The van der Waals surface area contributed by atoms with Gasteiger partial charge in [0, 0.05) is 29.8 Å². The van der Waals surface area contributed by atoms with Crippen molar-refractivity contribution in [3.63, 3.8) is 0 Å². The van der Waals surface area contributed by atoms with Gasteiger partial charge < -0.3 is 5.32 Å². The molecule has 0 unspecified atom stereocenters. The van der Waals surface area contributed by atoms with Crippen molar-refractivity contribution in [3.05, 3.63) is 69.0 Å². The minimum absolute atomic E-state index is 0.0439. The lowest BCUT2D eigenvalue weighted by Gasteiger charge is -2.13. The highest BCUT2D eigenvalue weighted by Gasteiger charge is 2.18. The van der Waals surface area contributed by atoms with Gasteiger partial charge in [0.15, 0.2) is 5.16 Å². The van der Waals surface area contributed by atoms with Crippen LogP contribution in [0.25, 0.3) is 16.7 Å². The van der Waals surface area contributed by atoms with Gasteiger partial charge in [-0.1, -0.05) is 47.1 Å². The molecule has 0 atom stereocenters. The number of hydrogen-bond acceptors (Lipinski definition) is 5. The summed E-state index contributed by atoms with van der Waals surface area (Å²) in [6, 6.07) is 13.5. The molecule has 0 aliphatic heterocycles. The Labute approximate surface area is 194 Å². The fraction of sp³-hybridized carbons (Fsp3) is 0.304. The van der Waals surface area contributed by atoms with Crippen LogP contribution >= 0.6 is 23.4 Å². The minimum Gasteiger partial charge on any atom is -0.354 e. The first-order valence-electron chi connectivity index (χ1n) is 10.4. The van der Waals surface area contributed by atoms with Crippen molar-refractivity contribution in [2.45, 2.75) is 50.7 Å². The Hall–Kier alpha value is -2.84. The van der Waals surface area contributed by atoms with E-state index in [-0.39, 0.29) is 30.5 Å². The van der Waals surface area contributed by atoms with Crippen molar-refractivity contribution in [2.24, 2.45) is 0 Å². The molecule has 0 saturated carbocycles. The standard InChI is InChI=1S/C23H24ClN5O2S/c1-14(2)25-20(30)10-11-28-21(31)18-12-15(3)4-9-19(18)29-22(28)26-27-23(29)32-13-16-5-7-17(24)8-6-16/h4-9,12,14H,10-11,13H2,1-3H3,(H,25,30). The average molecular weight is 470 g/mol. The van der Waals surface area contributed by atoms with Gasteiger partial charge in [-0.05, 0) is 50.6 Å². The topological polar surface area (TPSA) is 81.3 Å². The zero-order valence-corrected chi connectivity index (χ0v) is 19.7. The largest absolute Gasteiger partial charge is 0.354 e. The zero-order valence-electron chi connectivity index (χ0n) is 18.1. The number of benzene rings is 2. The summed E-state index contributed by atoms with van der Waals surface area (Å²) in [5, 5.41) is 13.5. The molecule has 0 aliphatic rings. The van der Waals surface area contributed by atoms with E-state index < -0.39 is 0 Å². The van der Waals surface area contributed by atoms with Gasteiger partial charge in [-0.2, -0.15) is 0 Å². The number of aromatic nitrogens is 4. The number of thioether (sulfide) groups is 1. The summed E-state index contributed by atoms with van der Waals surface area (Å²) < 4.78 is 3.44. The Bertz CT molecular complexity index is 1340. The third-order valence-corrected chi connectivity index (χ3v) is 6.27. The SMILES string of the molecule is Cc1ccc2c(c1)c(=O)n(CCC(=O)NC(C)C)c1nnc(SCc3ccc(Cl)cc3)n21. The second-order valence-corrected chi connectivity index (χ2v) is 9.36. The van der Waals surface area contributed by atoms with Crippen LogP contribution in [0.4, 0.5) is 0 Å². The van der Waals surface area contributed by atoms with Crippen LogP contribution in [0, 0.1) is 6.92 Å². The monoisotopic (exact) mass is 469 g/mol. The number of hydrogen-bond donors (Lipinski definition) is 1. The first kappa shape index (κ1) is 22.4. The summed E-state index contributed by atoms with van der Waals surface area (Å²) in [5.74, 6) is 1.01. The summed E-state index contributed by atoms with van der Waals surface area (Å²) in [6.45, 7) is 5.99. The van der Waals surface area contributed by atoms with E-state index in [4.69, 9.17) is 11.6 Å². The van der Waals surface area contributed by atoms with E-state index >= 15 is 0 Å². The quantitative estimate of drug-likeness (QED) is 0.410. The van der Waals surface area contributed by atoms with Crippen molar-refractivity contribution in [2.75, 3.05) is 0 Å². The highest BCUT2D eigenvalue weighted by Crippen LogP contribution is 2.25. The number of amides is 1. The summed E-state index contributed by atoms with van der Waals surface area (Å²) in [6.07, 6.45) is 0.186. The fourth-order valence-electron chi connectivity index (χ4n) is 3.53. The second-order valence-electron chi connectivity index (χ2n) is 7.98. The lowest BCUT2D eigenvalue weighted by atomic mass is 10.1. The number of nitrogens with zero attached hydrogens (tertiary/aromatic N) is 4. The Balaban J connectivity index is 1.75. The second kappa shape index (κ2) is 9.34. The van der Waals surface area contributed by atoms with Crippen molar-refractivity contribution in [1.29, 1.82) is 0 Å². The molecule has 0 spiro atoms. The van der Waals surface area contributed by atoms with Crippen LogP contribution in [0.2, 0.25) is 5.02 Å². The predicted molar refractivity (Wildman–Crippen MR) is 128 cm³/mol. The Kier molecular flexibility index (Phi) is 6.53.